The maximum Gasteiger partial charge on any atom is 0.326 e. The van der Waals surface area contributed by atoms with Gasteiger partial charge in [-0.1, -0.05) is 197 Å². The third kappa shape index (κ3) is 43.4. The Morgan fingerprint density at radius 2 is 0.917 bits per heavy atom. The normalized spacial score (nSPS) is 13.0. The molecule has 0 aromatic heterocycles. The predicted octanol–water partition coefficient (Wildman–Crippen LogP) is 15.1. The lowest BCUT2D eigenvalue weighted by Gasteiger charge is -2.18. The SMILES string of the molecule is CC/C=C\C/C=C\C/C=C\C/C=C\CCCCCCCCC(=O)OC(CCCCCCCCCCCCCCCCC)CCCCCCCC(=O)NC(CCCN)C(=O)O. The van der Waals surface area contributed by atoms with Gasteiger partial charge in [0.1, 0.15) is 12.1 Å². The number of esters is 1. The summed E-state index contributed by atoms with van der Waals surface area (Å²) in [5, 5.41) is 12.0. The van der Waals surface area contributed by atoms with Crippen molar-refractivity contribution in [2.45, 2.75) is 264 Å². The van der Waals surface area contributed by atoms with E-state index in [-0.39, 0.29) is 18.0 Å². The number of carboxylic acids is 1. The number of aliphatic carboxylic acids is 1. The summed E-state index contributed by atoms with van der Waals surface area (Å²) in [5.41, 5.74) is 5.50. The van der Waals surface area contributed by atoms with Crippen molar-refractivity contribution in [2.75, 3.05) is 6.54 Å². The van der Waals surface area contributed by atoms with Gasteiger partial charge < -0.3 is 20.9 Å². The zero-order valence-corrected chi connectivity index (χ0v) is 39.3. The van der Waals surface area contributed by atoms with Gasteiger partial charge >= 0.3 is 11.9 Å². The molecule has 0 aromatic rings. The Bertz CT molecular complexity index is 1080. The molecule has 0 spiro atoms. The van der Waals surface area contributed by atoms with Gasteiger partial charge in [-0.05, 0) is 96.4 Å². The molecule has 2 unspecified atom stereocenters. The molecular formula is C53H96N2O5. The molecule has 7 heteroatoms. The van der Waals surface area contributed by atoms with Crippen LogP contribution in [0.5, 0.6) is 0 Å². The molecule has 4 N–H and O–H groups in total. The average molecular weight is 841 g/mol. The second-order valence-electron chi connectivity index (χ2n) is 17.2. The summed E-state index contributed by atoms with van der Waals surface area (Å²) in [6.45, 7) is 4.85. The van der Waals surface area contributed by atoms with E-state index < -0.39 is 12.0 Å². The number of carbonyl (C=O) groups is 3. The van der Waals surface area contributed by atoms with Crippen molar-refractivity contribution in [1.29, 1.82) is 0 Å². The van der Waals surface area contributed by atoms with E-state index >= 15 is 0 Å². The molecule has 0 radical (unpaired) electrons. The molecule has 0 fully saturated rings. The van der Waals surface area contributed by atoms with E-state index in [0.29, 0.717) is 32.2 Å². The van der Waals surface area contributed by atoms with Crippen molar-refractivity contribution in [3.05, 3.63) is 48.6 Å². The van der Waals surface area contributed by atoms with Crippen molar-refractivity contribution in [3.8, 4) is 0 Å². The van der Waals surface area contributed by atoms with Gasteiger partial charge in [-0.15, -0.1) is 0 Å². The third-order valence-electron chi connectivity index (χ3n) is 11.4. The fourth-order valence-corrected chi connectivity index (χ4v) is 7.62. The molecule has 1 amide bonds. The molecule has 0 rings (SSSR count). The van der Waals surface area contributed by atoms with Gasteiger partial charge in [0.05, 0.1) is 0 Å². The summed E-state index contributed by atoms with van der Waals surface area (Å²) in [6, 6.07) is -0.859. The predicted molar refractivity (Wildman–Crippen MR) is 257 cm³/mol. The van der Waals surface area contributed by atoms with Crippen molar-refractivity contribution in [2.24, 2.45) is 5.73 Å². The minimum Gasteiger partial charge on any atom is -0.480 e. The number of hydrogen-bond acceptors (Lipinski definition) is 5. The highest BCUT2D eigenvalue weighted by Gasteiger charge is 2.19. The summed E-state index contributed by atoms with van der Waals surface area (Å²) in [5.74, 6) is -1.23. The second-order valence-corrected chi connectivity index (χ2v) is 17.2. The van der Waals surface area contributed by atoms with Crippen LogP contribution in [0.3, 0.4) is 0 Å². The maximum atomic E-state index is 12.9. The van der Waals surface area contributed by atoms with Crippen LogP contribution in [0.25, 0.3) is 0 Å². The van der Waals surface area contributed by atoms with Crippen LogP contribution in [-0.2, 0) is 19.1 Å². The highest BCUT2D eigenvalue weighted by atomic mass is 16.5. The van der Waals surface area contributed by atoms with E-state index in [0.717, 1.165) is 96.3 Å². The van der Waals surface area contributed by atoms with E-state index in [9.17, 15) is 19.5 Å². The van der Waals surface area contributed by atoms with Crippen LogP contribution >= 0.6 is 0 Å². The molecule has 7 nitrogen and oxygen atoms in total. The molecule has 0 bridgehead atoms. The fourth-order valence-electron chi connectivity index (χ4n) is 7.62. The van der Waals surface area contributed by atoms with Crippen LogP contribution in [0, 0.1) is 0 Å². The summed E-state index contributed by atoms with van der Waals surface area (Å²) in [4.78, 5) is 36.6. The highest BCUT2D eigenvalue weighted by Crippen LogP contribution is 2.19. The summed E-state index contributed by atoms with van der Waals surface area (Å²) >= 11 is 0. The van der Waals surface area contributed by atoms with Crippen molar-refractivity contribution < 1.29 is 24.2 Å². The van der Waals surface area contributed by atoms with E-state index in [1.165, 1.54) is 116 Å². The minimum absolute atomic E-state index is 0.00471. The molecule has 0 saturated heterocycles. The standard InChI is InChI=1S/C53H96N2O5/c1-3-5-7-9-11-13-15-17-19-20-21-22-24-26-28-30-32-37-41-47-52(57)60-49(43-38-34-31-29-27-25-23-18-16-14-12-10-8-6-4-2)44-39-35-33-36-40-46-51(56)55-50(53(58)59)45-42-48-54/h5,7,11,13,17,19,21-22,49-50H,3-4,6,8-10,12,14-16,18,20,23-48,54H2,1-2H3,(H,55,56)(H,58,59)/b7-5-,13-11-,19-17-,22-21-. The molecule has 2 atom stereocenters. The number of amides is 1. The molecule has 348 valence electrons. The van der Waals surface area contributed by atoms with Crippen LogP contribution in [0.4, 0.5) is 0 Å². The smallest absolute Gasteiger partial charge is 0.326 e. The van der Waals surface area contributed by atoms with Gasteiger partial charge in [0.25, 0.3) is 0 Å². The van der Waals surface area contributed by atoms with Gasteiger partial charge in [-0.3, -0.25) is 9.59 Å². The number of carboxylic acid groups (broad SMARTS) is 1. The molecule has 0 aliphatic heterocycles. The molecule has 0 saturated carbocycles. The van der Waals surface area contributed by atoms with E-state index in [1.807, 2.05) is 0 Å². The number of hydrogen-bond donors (Lipinski definition) is 3. The number of nitrogens with two attached hydrogens (primary N) is 1. The van der Waals surface area contributed by atoms with Gasteiger partial charge in [0, 0.05) is 12.8 Å². The van der Waals surface area contributed by atoms with Gasteiger partial charge in [0.2, 0.25) is 5.91 Å². The van der Waals surface area contributed by atoms with E-state index in [4.69, 9.17) is 10.5 Å². The van der Waals surface area contributed by atoms with Crippen LogP contribution in [0.2, 0.25) is 0 Å². The molecule has 0 aromatic carbocycles. The number of carbonyl (C=O) groups excluding carboxylic acids is 2. The number of nitrogens with one attached hydrogen (secondary N) is 1. The lowest BCUT2D eigenvalue weighted by atomic mass is 10.0. The number of ether oxygens (including phenoxy) is 1. The van der Waals surface area contributed by atoms with Crippen LogP contribution < -0.4 is 11.1 Å². The Morgan fingerprint density at radius 1 is 0.500 bits per heavy atom. The zero-order valence-electron chi connectivity index (χ0n) is 39.3. The number of allylic oxidation sites excluding steroid dienone is 8. The van der Waals surface area contributed by atoms with Crippen molar-refractivity contribution in [1.82, 2.24) is 5.32 Å². The molecule has 0 heterocycles. The fraction of sp³-hybridized carbons (Fsp3) is 0.792. The van der Waals surface area contributed by atoms with Gasteiger partial charge in [-0.25, -0.2) is 4.79 Å². The first-order valence-corrected chi connectivity index (χ1v) is 25.5. The Labute approximate surface area is 370 Å². The van der Waals surface area contributed by atoms with E-state index in [1.54, 1.807) is 0 Å². The van der Waals surface area contributed by atoms with Crippen molar-refractivity contribution >= 4 is 17.8 Å². The Morgan fingerprint density at radius 3 is 1.38 bits per heavy atom. The lowest BCUT2D eigenvalue weighted by Crippen LogP contribution is -2.40. The summed E-state index contributed by atoms with van der Waals surface area (Å²) in [7, 11) is 0. The summed E-state index contributed by atoms with van der Waals surface area (Å²) in [6.07, 6.45) is 58.8. The third-order valence-corrected chi connectivity index (χ3v) is 11.4. The highest BCUT2D eigenvalue weighted by molar-refractivity contribution is 5.83. The van der Waals surface area contributed by atoms with Crippen LogP contribution in [0.15, 0.2) is 48.6 Å². The lowest BCUT2D eigenvalue weighted by molar-refractivity contribution is -0.150. The van der Waals surface area contributed by atoms with Crippen LogP contribution in [0.1, 0.15) is 251 Å². The van der Waals surface area contributed by atoms with Gasteiger partial charge in [0.15, 0.2) is 0 Å². The number of rotatable bonds is 46. The maximum absolute atomic E-state index is 12.9. The van der Waals surface area contributed by atoms with Gasteiger partial charge in [-0.2, -0.15) is 0 Å². The first-order chi connectivity index (χ1) is 29.4. The molecule has 0 aliphatic carbocycles. The second kappa shape index (κ2) is 47.4. The molecule has 0 aliphatic rings. The average Bonchev–Trinajstić information content (AvgIpc) is 3.23. The molecule has 60 heavy (non-hydrogen) atoms. The Hall–Kier alpha value is -2.67. The summed E-state index contributed by atoms with van der Waals surface area (Å²) < 4.78 is 6.08. The van der Waals surface area contributed by atoms with Crippen LogP contribution in [-0.4, -0.2) is 41.6 Å². The van der Waals surface area contributed by atoms with E-state index in [2.05, 4.69) is 67.8 Å². The quantitative estimate of drug-likeness (QED) is 0.0319. The number of unbranched alkanes of at least 4 members (excludes halogenated alkanes) is 24. The first kappa shape index (κ1) is 57.3. The zero-order chi connectivity index (χ0) is 43.8. The first-order valence-electron chi connectivity index (χ1n) is 25.5. The monoisotopic (exact) mass is 841 g/mol. The van der Waals surface area contributed by atoms with Crippen molar-refractivity contribution in [3.63, 3.8) is 0 Å². The minimum atomic E-state index is -1.00. The largest absolute Gasteiger partial charge is 0.480 e. The Balaban J connectivity index is 4.32. The topological polar surface area (TPSA) is 119 Å². The Kier molecular flexibility index (Phi) is 45.3. The molecular weight excluding hydrogens is 745 g/mol.